The highest BCUT2D eigenvalue weighted by molar-refractivity contribution is 5.90. The van der Waals surface area contributed by atoms with Crippen LogP contribution >= 0.6 is 0 Å². The lowest BCUT2D eigenvalue weighted by Gasteiger charge is -2.04. The maximum absolute atomic E-state index is 12.7. The average Bonchev–Trinajstić information content (AvgIpc) is 2.16. The second kappa shape index (κ2) is 4.03. The number of esters is 1. The monoisotopic (exact) mass is 182 g/mol. The molecular formula is C10H11FO2. The Balaban J connectivity index is 3.13. The molecule has 0 saturated heterocycles. The largest absolute Gasteiger partial charge is 0.465 e. The molecule has 1 aromatic carbocycles. The number of ether oxygens (including phenoxy) is 1. The molecule has 0 aromatic heterocycles. The van der Waals surface area contributed by atoms with Gasteiger partial charge in [0.25, 0.3) is 0 Å². The summed E-state index contributed by atoms with van der Waals surface area (Å²) >= 11 is 0. The van der Waals surface area contributed by atoms with Gasteiger partial charge in [-0.3, -0.25) is 0 Å². The van der Waals surface area contributed by atoms with Crippen molar-refractivity contribution in [2.24, 2.45) is 0 Å². The van der Waals surface area contributed by atoms with Crippen molar-refractivity contribution in [3.05, 3.63) is 35.1 Å². The third kappa shape index (κ3) is 2.05. The highest BCUT2D eigenvalue weighted by Crippen LogP contribution is 2.12. The molecule has 1 aromatic rings. The first-order chi connectivity index (χ1) is 6.19. The van der Waals surface area contributed by atoms with E-state index in [4.69, 9.17) is 0 Å². The predicted octanol–water partition coefficient (Wildman–Crippen LogP) is 2.17. The molecule has 0 bridgehead atoms. The zero-order chi connectivity index (χ0) is 9.84. The predicted molar refractivity (Wildman–Crippen MR) is 47.1 cm³/mol. The number of rotatable bonds is 2. The van der Waals surface area contributed by atoms with Gasteiger partial charge >= 0.3 is 5.97 Å². The van der Waals surface area contributed by atoms with Gasteiger partial charge in [0.05, 0.1) is 12.7 Å². The third-order valence-corrected chi connectivity index (χ3v) is 1.85. The van der Waals surface area contributed by atoms with Crippen LogP contribution < -0.4 is 0 Å². The molecule has 0 heterocycles. The smallest absolute Gasteiger partial charge is 0.338 e. The number of halogens is 1. The first-order valence-electron chi connectivity index (χ1n) is 4.05. The van der Waals surface area contributed by atoms with E-state index in [1.54, 1.807) is 0 Å². The van der Waals surface area contributed by atoms with Crippen LogP contribution in [0, 0.1) is 5.82 Å². The number of aryl methyl sites for hydroxylation is 1. The third-order valence-electron chi connectivity index (χ3n) is 1.85. The number of hydrogen-bond acceptors (Lipinski definition) is 2. The van der Waals surface area contributed by atoms with Gasteiger partial charge in [0.15, 0.2) is 0 Å². The molecule has 1 rings (SSSR count). The number of benzene rings is 1. The molecule has 0 saturated carbocycles. The molecule has 0 radical (unpaired) electrons. The van der Waals surface area contributed by atoms with Crippen LogP contribution in [0.3, 0.4) is 0 Å². The summed E-state index contributed by atoms with van der Waals surface area (Å²) in [5.74, 6) is -0.749. The summed E-state index contributed by atoms with van der Waals surface area (Å²) in [4.78, 5) is 11.2. The summed E-state index contributed by atoms with van der Waals surface area (Å²) in [6.45, 7) is 1.86. The van der Waals surface area contributed by atoms with Crippen molar-refractivity contribution >= 4 is 5.97 Å². The van der Waals surface area contributed by atoms with Gasteiger partial charge in [-0.05, 0) is 30.2 Å². The topological polar surface area (TPSA) is 26.3 Å². The Morgan fingerprint density at radius 1 is 1.54 bits per heavy atom. The molecule has 0 atom stereocenters. The lowest BCUT2D eigenvalue weighted by Crippen LogP contribution is -2.05. The van der Waals surface area contributed by atoms with Crippen molar-refractivity contribution in [2.75, 3.05) is 7.11 Å². The molecule has 0 amide bonds. The van der Waals surface area contributed by atoms with Crippen LogP contribution in [-0.2, 0) is 11.2 Å². The second-order valence-electron chi connectivity index (χ2n) is 2.65. The van der Waals surface area contributed by atoms with E-state index in [9.17, 15) is 9.18 Å². The van der Waals surface area contributed by atoms with Crippen LogP contribution in [0.5, 0.6) is 0 Å². The summed E-state index contributed by atoms with van der Waals surface area (Å²) in [7, 11) is 1.31. The Morgan fingerprint density at radius 2 is 2.23 bits per heavy atom. The lowest BCUT2D eigenvalue weighted by atomic mass is 10.1. The fourth-order valence-corrected chi connectivity index (χ4v) is 1.16. The first kappa shape index (κ1) is 9.71. The van der Waals surface area contributed by atoms with E-state index in [1.165, 1.54) is 25.3 Å². The average molecular weight is 182 g/mol. The van der Waals surface area contributed by atoms with E-state index in [2.05, 4.69) is 4.74 Å². The number of carbonyl (C=O) groups excluding carboxylic acids is 1. The van der Waals surface area contributed by atoms with E-state index in [1.807, 2.05) is 6.92 Å². The minimum atomic E-state index is -0.420. The minimum Gasteiger partial charge on any atom is -0.465 e. The Bertz CT molecular complexity index is 321. The highest BCUT2D eigenvalue weighted by Gasteiger charge is 2.10. The SMILES string of the molecule is CCc1cc(F)ccc1C(=O)OC. The Morgan fingerprint density at radius 3 is 2.77 bits per heavy atom. The standard InChI is InChI=1S/C10H11FO2/c1-3-7-6-8(11)4-5-9(7)10(12)13-2/h4-6H,3H2,1-2H3. The van der Waals surface area contributed by atoms with Gasteiger partial charge in [-0.25, -0.2) is 9.18 Å². The molecule has 0 fully saturated rings. The van der Waals surface area contributed by atoms with Crippen LogP contribution in [0.2, 0.25) is 0 Å². The minimum absolute atomic E-state index is 0.329. The molecule has 0 spiro atoms. The van der Waals surface area contributed by atoms with Crippen LogP contribution in [-0.4, -0.2) is 13.1 Å². The molecule has 70 valence electrons. The van der Waals surface area contributed by atoms with Gasteiger partial charge in [0, 0.05) is 0 Å². The summed E-state index contributed by atoms with van der Waals surface area (Å²) in [5.41, 5.74) is 1.11. The van der Waals surface area contributed by atoms with Crippen molar-refractivity contribution in [3.63, 3.8) is 0 Å². The zero-order valence-electron chi connectivity index (χ0n) is 7.63. The van der Waals surface area contributed by atoms with Gasteiger partial charge in [0.2, 0.25) is 0 Å². The molecule has 0 aliphatic carbocycles. The Labute approximate surface area is 76.3 Å². The number of hydrogen-bond donors (Lipinski definition) is 0. The summed E-state index contributed by atoms with van der Waals surface area (Å²) in [5, 5.41) is 0. The molecule has 0 unspecified atom stereocenters. The lowest BCUT2D eigenvalue weighted by molar-refractivity contribution is 0.0599. The van der Waals surface area contributed by atoms with E-state index in [0.717, 1.165) is 0 Å². The van der Waals surface area contributed by atoms with Crippen molar-refractivity contribution in [1.29, 1.82) is 0 Å². The summed E-state index contributed by atoms with van der Waals surface area (Å²) in [6, 6.07) is 4.05. The summed E-state index contributed by atoms with van der Waals surface area (Å²) < 4.78 is 17.3. The molecule has 0 aliphatic heterocycles. The van der Waals surface area contributed by atoms with E-state index in [-0.39, 0.29) is 5.82 Å². The van der Waals surface area contributed by atoms with Crippen LogP contribution in [0.15, 0.2) is 18.2 Å². The molecule has 13 heavy (non-hydrogen) atoms. The van der Waals surface area contributed by atoms with Gasteiger partial charge in [-0.15, -0.1) is 0 Å². The van der Waals surface area contributed by atoms with Crippen molar-refractivity contribution in [2.45, 2.75) is 13.3 Å². The molecule has 3 heteroatoms. The van der Waals surface area contributed by atoms with Gasteiger partial charge in [0.1, 0.15) is 5.82 Å². The fraction of sp³-hybridized carbons (Fsp3) is 0.300. The van der Waals surface area contributed by atoms with Crippen molar-refractivity contribution in [3.8, 4) is 0 Å². The molecule has 0 aliphatic rings. The second-order valence-corrected chi connectivity index (χ2v) is 2.65. The molecule has 0 N–H and O–H groups in total. The summed E-state index contributed by atoms with van der Waals surface area (Å²) in [6.07, 6.45) is 0.613. The van der Waals surface area contributed by atoms with Crippen molar-refractivity contribution < 1.29 is 13.9 Å². The fourth-order valence-electron chi connectivity index (χ4n) is 1.16. The van der Waals surface area contributed by atoms with Gasteiger partial charge < -0.3 is 4.74 Å². The van der Waals surface area contributed by atoms with Crippen LogP contribution in [0.4, 0.5) is 4.39 Å². The zero-order valence-corrected chi connectivity index (χ0v) is 7.63. The van der Waals surface area contributed by atoms with Crippen LogP contribution in [0.1, 0.15) is 22.8 Å². The molecular weight excluding hydrogens is 171 g/mol. The number of carbonyl (C=O) groups is 1. The van der Waals surface area contributed by atoms with Gasteiger partial charge in [-0.2, -0.15) is 0 Å². The highest BCUT2D eigenvalue weighted by atomic mass is 19.1. The Hall–Kier alpha value is -1.38. The van der Waals surface area contributed by atoms with Crippen LogP contribution in [0.25, 0.3) is 0 Å². The van der Waals surface area contributed by atoms with E-state index >= 15 is 0 Å². The normalized spacial score (nSPS) is 9.77. The van der Waals surface area contributed by atoms with Gasteiger partial charge in [-0.1, -0.05) is 6.92 Å². The first-order valence-corrected chi connectivity index (χ1v) is 4.05. The van der Waals surface area contributed by atoms with Crippen molar-refractivity contribution in [1.82, 2.24) is 0 Å². The number of methoxy groups -OCH3 is 1. The molecule has 2 nitrogen and oxygen atoms in total. The quantitative estimate of drug-likeness (QED) is 0.655. The van der Waals surface area contributed by atoms with E-state index < -0.39 is 5.97 Å². The Kier molecular flexibility index (Phi) is 3.01. The van der Waals surface area contributed by atoms with E-state index in [0.29, 0.717) is 17.5 Å². The maximum Gasteiger partial charge on any atom is 0.338 e. The maximum atomic E-state index is 12.7.